The summed E-state index contributed by atoms with van der Waals surface area (Å²) >= 11 is 0. The molecule has 0 unspecified atom stereocenters. The summed E-state index contributed by atoms with van der Waals surface area (Å²) in [4.78, 5) is 0. The minimum absolute atomic E-state index is 0.363. The first-order chi connectivity index (χ1) is 5.38. The van der Waals surface area contributed by atoms with Crippen LogP contribution in [0, 0.1) is 0 Å². The Morgan fingerprint density at radius 3 is 2.82 bits per heavy atom. The van der Waals surface area contributed by atoms with Crippen LogP contribution in [0.15, 0.2) is 30.8 Å². The van der Waals surface area contributed by atoms with E-state index in [4.69, 9.17) is 4.43 Å². The van der Waals surface area contributed by atoms with Gasteiger partial charge >= 0.3 is 0 Å². The van der Waals surface area contributed by atoms with E-state index >= 15 is 0 Å². The molecular weight excluding hydrogens is 152 g/mol. The number of hydrogen-bond acceptors (Lipinski definition) is 1. The van der Waals surface area contributed by atoms with Gasteiger partial charge in [0.25, 0.3) is 0 Å². The zero-order chi connectivity index (χ0) is 8.10. The Morgan fingerprint density at radius 1 is 1.45 bits per heavy atom. The van der Waals surface area contributed by atoms with Crippen LogP contribution in [0.2, 0.25) is 6.55 Å². The van der Waals surface area contributed by atoms with Crippen LogP contribution in [-0.4, -0.2) is 9.76 Å². The minimum atomic E-state index is -0.363. The predicted octanol–water partition coefficient (Wildman–Crippen LogP) is 1.84. The lowest BCUT2D eigenvalue weighted by atomic mass is 10.2. The summed E-state index contributed by atoms with van der Waals surface area (Å²) in [6.45, 7) is 5.82. The molecule has 11 heavy (non-hydrogen) atoms. The summed E-state index contributed by atoms with van der Waals surface area (Å²) in [5.74, 6) is 0.969. The zero-order valence-electron chi connectivity index (χ0n) is 6.71. The van der Waals surface area contributed by atoms with Gasteiger partial charge in [-0.2, -0.15) is 0 Å². The van der Waals surface area contributed by atoms with E-state index < -0.39 is 0 Å². The molecule has 0 spiro atoms. The highest BCUT2D eigenvalue weighted by atomic mass is 28.2. The quantitative estimate of drug-likeness (QED) is 0.619. The summed E-state index contributed by atoms with van der Waals surface area (Å²) in [5.41, 5.74) is 1.09. The summed E-state index contributed by atoms with van der Waals surface area (Å²) in [7, 11) is -0.363. The third-order valence-corrected chi connectivity index (χ3v) is 2.04. The zero-order valence-corrected chi connectivity index (χ0v) is 8.12. The molecule has 0 saturated carbocycles. The van der Waals surface area contributed by atoms with E-state index in [1.165, 1.54) is 0 Å². The Hall–Kier alpha value is -1.02. The van der Waals surface area contributed by atoms with Crippen LogP contribution >= 0.6 is 0 Å². The maximum atomic E-state index is 5.50. The number of rotatable bonds is 3. The van der Waals surface area contributed by atoms with Crippen molar-refractivity contribution in [3.05, 3.63) is 36.4 Å². The van der Waals surface area contributed by atoms with Gasteiger partial charge < -0.3 is 4.43 Å². The fourth-order valence-corrected chi connectivity index (χ4v) is 1.51. The molecule has 0 amide bonds. The average molecular weight is 164 g/mol. The molecule has 0 aliphatic rings. The number of hydrogen-bond donors (Lipinski definition) is 0. The van der Waals surface area contributed by atoms with Crippen molar-refractivity contribution in [1.29, 1.82) is 0 Å². The van der Waals surface area contributed by atoms with Crippen molar-refractivity contribution in [2.75, 3.05) is 0 Å². The summed E-state index contributed by atoms with van der Waals surface area (Å²) in [6.07, 6.45) is 1.82. The Balaban J connectivity index is 2.92. The fourth-order valence-electron chi connectivity index (χ4n) is 0.936. The summed E-state index contributed by atoms with van der Waals surface area (Å²) < 4.78 is 5.50. The minimum Gasteiger partial charge on any atom is -0.549 e. The van der Waals surface area contributed by atoms with Gasteiger partial charge in [0, 0.05) is 5.56 Å². The predicted molar refractivity (Wildman–Crippen MR) is 51.6 cm³/mol. The van der Waals surface area contributed by atoms with E-state index in [0.29, 0.717) is 0 Å². The molecule has 0 bridgehead atoms. The molecule has 0 aliphatic heterocycles. The Kier molecular flexibility index (Phi) is 2.92. The molecule has 0 fully saturated rings. The molecule has 0 heterocycles. The first kappa shape index (κ1) is 8.08. The lowest BCUT2D eigenvalue weighted by Crippen LogP contribution is -1.96. The molecule has 1 aromatic carbocycles. The average Bonchev–Trinajstić information content (AvgIpc) is 2.06. The van der Waals surface area contributed by atoms with E-state index in [1.807, 2.05) is 30.3 Å². The van der Waals surface area contributed by atoms with E-state index in [0.717, 1.165) is 11.3 Å². The highest BCUT2D eigenvalue weighted by Crippen LogP contribution is 2.17. The molecule has 0 N–H and O–H groups in total. The SMILES string of the molecule is C=Cc1ccccc1O[SiH2]C. The standard InChI is InChI=1S/C9H12OSi/c1-3-8-6-4-5-7-9(8)10-11-2/h3-7H,1,11H2,2H3. The van der Waals surface area contributed by atoms with Crippen molar-refractivity contribution < 1.29 is 4.43 Å². The molecule has 0 saturated heterocycles. The lowest BCUT2D eigenvalue weighted by Gasteiger charge is -2.05. The second-order valence-electron chi connectivity index (χ2n) is 2.17. The first-order valence-electron chi connectivity index (χ1n) is 3.72. The second kappa shape index (κ2) is 3.98. The largest absolute Gasteiger partial charge is 0.549 e. The molecule has 0 radical (unpaired) electrons. The van der Waals surface area contributed by atoms with Crippen molar-refractivity contribution in [1.82, 2.24) is 0 Å². The normalized spacial score (nSPS) is 10.3. The van der Waals surface area contributed by atoms with Crippen molar-refractivity contribution >= 4 is 15.8 Å². The fraction of sp³-hybridized carbons (Fsp3) is 0.111. The molecule has 1 nitrogen and oxygen atoms in total. The highest BCUT2D eigenvalue weighted by Gasteiger charge is 1.94. The van der Waals surface area contributed by atoms with Crippen LogP contribution in [-0.2, 0) is 0 Å². The van der Waals surface area contributed by atoms with Crippen molar-refractivity contribution in [3.63, 3.8) is 0 Å². The van der Waals surface area contributed by atoms with Crippen LogP contribution in [0.3, 0.4) is 0 Å². The molecule has 0 aliphatic carbocycles. The van der Waals surface area contributed by atoms with Gasteiger partial charge in [-0.05, 0) is 12.6 Å². The van der Waals surface area contributed by atoms with E-state index in [-0.39, 0.29) is 9.76 Å². The van der Waals surface area contributed by atoms with Crippen LogP contribution in [0.25, 0.3) is 6.08 Å². The molecule has 0 atom stereocenters. The van der Waals surface area contributed by atoms with Crippen molar-refractivity contribution in [3.8, 4) is 5.75 Å². The van der Waals surface area contributed by atoms with E-state index in [2.05, 4.69) is 13.1 Å². The van der Waals surface area contributed by atoms with Gasteiger partial charge in [0.1, 0.15) is 5.75 Å². The Morgan fingerprint density at radius 2 is 2.18 bits per heavy atom. The smallest absolute Gasteiger partial charge is 0.216 e. The number of benzene rings is 1. The second-order valence-corrected chi connectivity index (χ2v) is 3.04. The van der Waals surface area contributed by atoms with Crippen LogP contribution in [0.5, 0.6) is 5.75 Å². The van der Waals surface area contributed by atoms with Crippen molar-refractivity contribution in [2.24, 2.45) is 0 Å². The third-order valence-electron chi connectivity index (χ3n) is 1.44. The van der Waals surface area contributed by atoms with Crippen molar-refractivity contribution in [2.45, 2.75) is 6.55 Å². The third kappa shape index (κ3) is 1.95. The van der Waals surface area contributed by atoms with E-state index in [1.54, 1.807) is 0 Å². The van der Waals surface area contributed by atoms with Crippen LogP contribution in [0.1, 0.15) is 5.56 Å². The number of para-hydroxylation sites is 1. The van der Waals surface area contributed by atoms with Gasteiger partial charge in [-0.15, -0.1) is 0 Å². The van der Waals surface area contributed by atoms with Gasteiger partial charge in [-0.3, -0.25) is 0 Å². The summed E-state index contributed by atoms with van der Waals surface area (Å²) in [5, 5.41) is 0. The highest BCUT2D eigenvalue weighted by molar-refractivity contribution is 6.26. The summed E-state index contributed by atoms with van der Waals surface area (Å²) in [6, 6.07) is 7.95. The molecule has 58 valence electrons. The van der Waals surface area contributed by atoms with Gasteiger partial charge in [0.15, 0.2) is 0 Å². The molecule has 2 heteroatoms. The van der Waals surface area contributed by atoms with Gasteiger partial charge in [-0.1, -0.05) is 30.9 Å². The Labute approximate surface area is 69.6 Å². The topological polar surface area (TPSA) is 9.23 Å². The van der Waals surface area contributed by atoms with Crippen LogP contribution in [0.4, 0.5) is 0 Å². The first-order valence-corrected chi connectivity index (χ1v) is 5.72. The molecule has 1 rings (SSSR count). The van der Waals surface area contributed by atoms with Gasteiger partial charge in [0.05, 0.1) is 0 Å². The van der Waals surface area contributed by atoms with E-state index in [9.17, 15) is 0 Å². The maximum absolute atomic E-state index is 5.50. The molecular formula is C9H12OSi. The molecule has 0 aromatic heterocycles. The van der Waals surface area contributed by atoms with Crippen LogP contribution < -0.4 is 4.43 Å². The maximum Gasteiger partial charge on any atom is 0.216 e. The molecule has 1 aromatic rings. The monoisotopic (exact) mass is 164 g/mol. The Bertz CT molecular complexity index is 245. The van der Waals surface area contributed by atoms with Gasteiger partial charge in [0.2, 0.25) is 9.76 Å². The van der Waals surface area contributed by atoms with Gasteiger partial charge in [-0.25, -0.2) is 0 Å². The lowest BCUT2D eigenvalue weighted by molar-refractivity contribution is 0.598.